The summed E-state index contributed by atoms with van der Waals surface area (Å²) < 4.78 is 11.2. The van der Waals surface area contributed by atoms with Gasteiger partial charge in [-0.25, -0.2) is 9.78 Å². The van der Waals surface area contributed by atoms with Gasteiger partial charge in [0.25, 0.3) is 0 Å². The minimum Gasteiger partial charge on any atom is -0.508 e. The Hall–Kier alpha value is -2.84. The Morgan fingerprint density at radius 2 is 1.93 bits per heavy atom. The summed E-state index contributed by atoms with van der Waals surface area (Å²) in [5, 5.41) is 23.5. The van der Waals surface area contributed by atoms with E-state index < -0.39 is 18.3 Å². The number of phenolic OH excluding ortho intramolecular Hbond substituents is 1. The van der Waals surface area contributed by atoms with Gasteiger partial charge in [-0.3, -0.25) is 0 Å². The number of hydrogen-bond acceptors (Lipinski definition) is 8. The third-order valence-corrected chi connectivity index (χ3v) is 4.97. The fraction of sp³-hybridized carbons (Fsp3) is 0.455. The van der Waals surface area contributed by atoms with Crippen LogP contribution in [0.5, 0.6) is 11.5 Å². The molecule has 2 unspecified atom stereocenters. The molecule has 1 saturated heterocycles. The number of phenols is 1. The van der Waals surface area contributed by atoms with Crippen LogP contribution in [0.4, 0.5) is 5.82 Å². The van der Waals surface area contributed by atoms with Crippen LogP contribution in [0.25, 0.3) is 0 Å². The highest BCUT2D eigenvalue weighted by Crippen LogP contribution is 2.27. The molecule has 3 N–H and O–H groups in total. The lowest BCUT2D eigenvalue weighted by Crippen LogP contribution is -2.55. The molecule has 2 aromatic rings. The largest absolute Gasteiger partial charge is 0.508 e. The van der Waals surface area contributed by atoms with E-state index in [0.717, 1.165) is 25.9 Å². The van der Waals surface area contributed by atoms with Crippen LogP contribution in [0.1, 0.15) is 37.2 Å². The number of carbonyl (C=O) groups excluding carboxylic acids is 1. The number of nitrogens with one attached hydrogen (secondary N) is 1. The van der Waals surface area contributed by atoms with Crippen molar-refractivity contribution in [2.45, 2.75) is 45.1 Å². The van der Waals surface area contributed by atoms with Crippen molar-refractivity contribution in [3.8, 4) is 11.5 Å². The molecule has 1 aliphatic heterocycles. The first kappa shape index (κ1) is 21.9. The number of ether oxygens (including phenoxy) is 2. The second kappa shape index (κ2) is 10.3. The molecule has 162 valence electrons. The molecule has 30 heavy (non-hydrogen) atoms. The van der Waals surface area contributed by atoms with E-state index in [9.17, 15) is 15.0 Å². The van der Waals surface area contributed by atoms with Crippen molar-refractivity contribution < 1.29 is 24.5 Å². The van der Waals surface area contributed by atoms with Crippen LogP contribution in [0, 0.1) is 0 Å². The number of aromatic nitrogens is 1. The van der Waals surface area contributed by atoms with Gasteiger partial charge in [0.05, 0.1) is 6.61 Å². The maximum atomic E-state index is 12.2. The van der Waals surface area contributed by atoms with Crippen molar-refractivity contribution in [1.29, 1.82) is 0 Å². The third-order valence-electron chi connectivity index (χ3n) is 4.97. The van der Waals surface area contributed by atoms with Gasteiger partial charge in [0.15, 0.2) is 11.9 Å². The summed E-state index contributed by atoms with van der Waals surface area (Å²) in [5.41, 5.74) is 0.210. The Kier molecular flexibility index (Phi) is 7.48. The maximum absolute atomic E-state index is 12.2. The van der Waals surface area contributed by atoms with Gasteiger partial charge in [-0.2, -0.15) is 0 Å². The zero-order valence-electron chi connectivity index (χ0n) is 17.3. The van der Waals surface area contributed by atoms with Crippen LogP contribution in [0.15, 0.2) is 42.5 Å². The molecule has 1 aromatic carbocycles. The molecule has 2 atom stereocenters. The molecule has 2 heterocycles. The third kappa shape index (κ3) is 5.40. The Morgan fingerprint density at radius 3 is 2.57 bits per heavy atom. The molecule has 1 aromatic heterocycles. The molecule has 0 saturated carbocycles. The number of aliphatic hydroxyl groups is 1. The lowest BCUT2D eigenvalue weighted by atomic mass is 10.0. The van der Waals surface area contributed by atoms with Crippen LogP contribution in [0.3, 0.4) is 0 Å². The van der Waals surface area contributed by atoms with Crippen molar-refractivity contribution in [2.75, 3.05) is 24.6 Å². The molecule has 0 bridgehead atoms. The van der Waals surface area contributed by atoms with Gasteiger partial charge in [-0.1, -0.05) is 6.07 Å². The molecule has 1 fully saturated rings. The van der Waals surface area contributed by atoms with Crippen LogP contribution >= 0.6 is 0 Å². The van der Waals surface area contributed by atoms with Crippen molar-refractivity contribution >= 4 is 11.8 Å². The summed E-state index contributed by atoms with van der Waals surface area (Å²) in [6, 6.07) is 11.6. The number of aliphatic hydroxyl groups excluding tert-OH is 1. The number of aromatic hydroxyl groups is 1. The second-order valence-corrected chi connectivity index (χ2v) is 7.23. The number of nitrogens with zero attached hydrogens (tertiary/aromatic N) is 2. The average Bonchev–Trinajstić information content (AvgIpc) is 2.76. The standard InChI is InChI=1S/C22H29N3O5/c1-3-29-22(28)19-5-4-6-20(24-19)25(16-11-13-23-14-12-16)21(15(2)26)30-18-9-7-17(27)8-10-18/h4-10,15-16,21,23,26-27H,3,11-14H2,1-2H3. The van der Waals surface area contributed by atoms with Gasteiger partial charge in [0.1, 0.15) is 23.4 Å². The van der Waals surface area contributed by atoms with Crippen LogP contribution in [0.2, 0.25) is 0 Å². The first-order valence-electron chi connectivity index (χ1n) is 10.3. The SMILES string of the molecule is CCOC(=O)c1cccc(N(C2CCNCC2)C(Oc2ccc(O)cc2)C(C)O)n1. The Balaban J connectivity index is 1.96. The van der Waals surface area contributed by atoms with E-state index in [1.807, 2.05) is 4.90 Å². The zero-order chi connectivity index (χ0) is 21.5. The topological polar surface area (TPSA) is 104 Å². The highest BCUT2D eigenvalue weighted by Gasteiger charge is 2.33. The summed E-state index contributed by atoms with van der Waals surface area (Å²) in [6.07, 6.45) is 0.102. The number of rotatable bonds is 8. The van der Waals surface area contributed by atoms with E-state index in [1.54, 1.807) is 44.2 Å². The van der Waals surface area contributed by atoms with E-state index in [-0.39, 0.29) is 24.1 Å². The first-order chi connectivity index (χ1) is 14.5. The molecule has 0 radical (unpaired) electrons. The van der Waals surface area contributed by atoms with Crippen molar-refractivity contribution in [2.24, 2.45) is 0 Å². The Bertz CT molecular complexity index is 822. The Morgan fingerprint density at radius 1 is 1.23 bits per heavy atom. The number of piperidine rings is 1. The van der Waals surface area contributed by atoms with Crippen LogP contribution in [-0.4, -0.2) is 59.2 Å². The smallest absolute Gasteiger partial charge is 0.356 e. The highest BCUT2D eigenvalue weighted by atomic mass is 16.5. The van der Waals surface area contributed by atoms with Crippen molar-refractivity contribution in [1.82, 2.24) is 10.3 Å². The van der Waals surface area contributed by atoms with Crippen LogP contribution in [-0.2, 0) is 4.74 Å². The summed E-state index contributed by atoms with van der Waals surface area (Å²) in [7, 11) is 0. The minimum atomic E-state index is -0.846. The van der Waals surface area contributed by atoms with E-state index in [2.05, 4.69) is 10.3 Å². The van der Waals surface area contributed by atoms with Gasteiger partial charge in [0.2, 0.25) is 0 Å². The fourth-order valence-corrected chi connectivity index (χ4v) is 3.55. The number of esters is 1. The molecular formula is C22H29N3O5. The summed E-state index contributed by atoms with van der Waals surface area (Å²) in [4.78, 5) is 18.7. The molecule has 8 nitrogen and oxygen atoms in total. The maximum Gasteiger partial charge on any atom is 0.356 e. The van der Waals surface area contributed by atoms with E-state index in [0.29, 0.717) is 11.6 Å². The first-order valence-corrected chi connectivity index (χ1v) is 10.3. The number of carbonyl (C=O) groups is 1. The summed E-state index contributed by atoms with van der Waals surface area (Å²) in [5.74, 6) is 0.698. The predicted molar refractivity (Wildman–Crippen MR) is 113 cm³/mol. The predicted octanol–water partition coefficient (Wildman–Crippen LogP) is 2.31. The Labute approximate surface area is 176 Å². The quantitative estimate of drug-likeness (QED) is 0.446. The normalized spacial score (nSPS) is 16.5. The molecular weight excluding hydrogens is 386 g/mol. The molecule has 0 spiro atoms. The van der Waals surface area contributed by atoms with Gasteiger partial charge >= 0.3 is 5.97 Å². The number of anilines is 1. The van der Waals surface area contributed by atoms with Gasteiger partial charge in [0, 0.05) is 6.04 Å². The number of hydrogen-bond donors (Lipinski definition) is 3. The monoisotopic (exact) mass is 415 g/mol. The van der Waals surface area contributed by atoms with E-state index in [4.69, 9.17) is 9.47 Å². The molecule has 3 rings (SSSR count). The fourth-order valence-electron chi connectivity index (χ4n) is 3.55. The molecule has 8 heteroatoms. The lowest BCUT2D eigenvalue weighted by Gasteiger charge is -2.41. The molecule has 0 amide bonds. The number of pyridine rings is 1. The van der Waals surface area contributed by atoms with Gasteiger partial charge < -0.3 is 29.9 Å². The minimum absolute atomic E-state index is 0.0629. The lowest BCUT2D eigenvalue weighted by molar-refractivity contribution is 0.0383. The second-order valence-electron chi connectivity index (χ2n) is 7.23. The van der Waals surface area contributed by atoms with Crippen LogP contribution < -0.4 is 15.0 Å². The molecule has 1 aliphatic rings. The van der Waals surface area contributed by atoms with Gasteiger partial charge in [-0.15, -0.1) is 0 Å². The van der Waals surface area contributed by atoms with E-state index >= 15 is 0 Å². The molecule has 0 aliphatic carbocycles. The van der Waals surface area contributed by atoms with Gasteiger partial charge in [-0.05, 0) is 76.2 Å². The van der Waals surface area contributed by atoms with Crippen molar-refractivity contribution in [3.63, 3.8) is 0 Å². The average molecular weight is 415 g/mol. The number of benzene rings is 1. The van der Waals surface area contributed by atoms with Crippen molar-refractivity contribution in [3.05, 3.63) is 48.2 Å². The summed E-state index contributed by atoms with van der Waals surface area (Å²) in [6.45, 7) is 5.35. The summed E-state index contributed by atoms with van der Waals surface area (Å²) >= 11 is 0. The zero-order valence-corrected chi connectivity index (χ0v) is 17.3. The highest BCUT2D eigenvalue weighted by molar-refractivity contribution is 5.87. The van der Waals surface area contributed by atoms with E-state index in [1.165, 1.54) is 12.1 Å².